The van der Waals surface area contributed by atoms with Gasteiger partial charge in [0.05, 0.1) is 0 Å². The van der Waals surface area contributed by atoms with Crippen LogP contribution < -0.4 is 10.1 Å². The molecule has 0 aromatic heterocycles. The van der Waals surface area contributed by atoms with Gasteiger partial charge in [-0.1, -0.05) is 12.1 Å². The smallest absolute Gasteiger partial charge is 0.174 e. The third-order valence-corrected chi connectivity index (χ3v) is 4.24. The summed E-state index contributed by atoms with van der Waals surface area (Å²) in [5.74, 6) is 0.749. The number of hydrogen-bond acceptors (Lipinski definition) is 4. The Morgan fingerprint density at radius 1 is 1.30 bits per heavy atom. The first kappa shape index (κ1) is 14.8. The first-order valence-electron chi connectivity index (χ1n) is 7.13. The van der Waals surface area contributed by atoms with E-state index in [4.69, 9.17) is 10.00 Å². The van der Waals surface area contributed by atoms with Crippen LogP contribution >= 0.6 is 0 Å². The number of hydrogen-bond donors (Lipinski definition) is 1. The molecule has 0 aliphatic heterocycles. The fraction of sp³-hybridized carbons (Fsp3) is 0.562. The summed E-state index contributed by atoms with van der Waals surface area (Å²) in [7, 11) is 4.34. The van der Waals surface area contributed by atoms with Crippen molar-refractivity contribution >= 4 is 0 Å². The lowest BCUT2D eigenvalue weighted by Crippen LogP contribution is -2.56. The average Bonchev–Trinajstić information content (AvgIpc) is 2.40. The molecule has 1 fully saturated rings. The summed E-state index contributed by atoms with van der Waals surface area (Å²) in [6, 6.07) is 9.89. The summed E-state index contributed by atoms with van der Waals surface area (Å²) < 4.78 is 5.24. The predicted molar refractivity (Wildman–Crippen MR) is 79.5 cm³/mol. The van der Waals surface area contributed by atoms with Crippen molar-refractivity contribution in [1.29, 1.82) is 5.26 Å². The molecule has 2 rings (SSSR count). The molecule has 0 heterocycles. The number of nitriles is 1. The molecule has 0 radical (unpaired) electrons. The highest BCUT2D eigenvalue weighted by Gasteiger charge is 2.38. The third-order valence-electron chi connectivity index (χ3n) is 4.24. The van der Waals surface area contributed by atoms with E-state index in [9.17, 15) is 0 Å². The molecule has 0 saturated heterocycles. The van der Waals surface area contributed by atoms with Crippen molar-refractivity contribution < 1.29 is 4.74 Å². The van der Waals surface area contributed by atoms with Crippen LogP contribution in [0, 0.1) is 11.3 Å². The average molecular weight is 273 g/mol. The highest BCUT2D eigenvalue weighted by molar-refractivity contribution is 5.27. The van der Waals surface area contributed by atoms with Crippen LogP contribution in [-0.2, 0) is 6.54 Å². The fourth-order valence-corrected chi connectivity index (χ4v) is 2.63. The standard InChI is InChI=1S/C16H23N3O/c1-19(2)16(8-3-9-16)13-18-12-14-4-6-15(7-5-14)20-11-10-17/h4-7,18H,3,8-9,11-13H2,1-2H3. The van der Waals surface area contributed by atoms with Crippen molar-refractivity contribution in [2.24, 2.45) is 0 Å². The lowest BCUT2D eigenvalue weighted by atomic mass is 9.75. The largest absolute Gasteiger partial charge is 0.479 e. The quantitative estimate of drug-likeness (QED) is 0.827. The molecular formula is C16H23N3O. The van der Waals surface area contributed by atoms with Gasteiger partial charge in [-0.25, -0.2) is 0 Å². The van der Waals surface area contributed by atoms with Gasteiger partial charge >= 0.3 is 0 Å². The molecule has 1 aromatic rings. The van der Waals surface area contributed by atoms with E-state index in [0.29, 0.717) is 5.54 Å². The van der Waals surface area contributed by atoms with Crippen molar-refractivity contribution in [3.05, 3.63) is 29.8 Å². The molecule has 20 heavy (non-hydrogen) atoms. The van der Waals surface area contributed by atoms with Crippen LogP contribution in [0.4, 0.5) is 0 Å². The van der Waals surface area contributed by atoms with Crippen molar-refractivity contribution in [3.8, 4) is 11.8 Å². The summed E-state index contributed by atoms with van der Waals surface area (Å²) in [4.78, 5) is 2.35. The van der Waals surface area contributed by atoms with Gasteiger partial charge in [0.1, 0.15) is 11.8 Å². The maximum Gasteiger partial charge on any atom is 0.174 e. The van der Waals surface area contributed by atoms with E-state index in [1.165, 1.54) is 24.8 Å². The predicted octanol–water partition coefficient (Wildman–Crippen LogP) is 2.16. The summed E-state index contributed by atoms with van der Waals surface area (Å²) in [5, 5.41) is 12.0. The summed E-state index contributed by atoms with van der Waals surface area (Å²) in [5.41, 5.74) is 1.60. The molecule has 108 valence electrons. The number of nitrogens with zero attached hydrogens (tertiary/aromatic N) is 2. The zero-order chi connectivity index (χ0) is 14.4. The van der Waals surface area contributed by atoms with E-state index in [-0.39, 0.29) is 6.61 Å². The van der Waals surface area contributed by atoms with Gasteiger partial charge < -0.3 is 15.0 Å². The zero-order valence-corrected chi connectivity index (χ0v) is 12.4. The molecule has 0 unspecified atom stereocenters. The van der Waals surface area contributed by atoms with E-state index in [1.54, 1.807) is 0 Å². The number of ether oxygens (including phenoxy) is 1. The number of benzene rings is 1. The van der Waals surface area contributed by atoms with Gasteiger partial charge in [0.2, 0.25) is 0 Å². The highest BCUT2D eigenvalue weighted by Crippen LogP contribution is 2.35. The zero-order valence-electron chi connectivity index (χ0n) is 12.4. The molecule has 0 bridgehead atoms. The lowest BCUT2D eigenvalue weighted by molar-refractivity contribution is 0.0598. The first-order valence-corrected chi connectivity index (χ1v) is 7.13. The molecule has 1 aliphatic rings. The Hall–Kier alpha value is -1.57. The topological polar surface area (TPSA) is 48.3 Å². The minimum Gasteiger partial charge on any atom is -0.479 e. The molecule has 0 atom stereocenters. The lowest BCUT2D eigenvalue weighted by Gasteiger charge is -2.47. The van der Waals surface area contributed by atoms with Crippen LogP contribution in [0.2, 0.25) is 0 Å². The SMILES string of the molecule is CN(C)C1(CNCc2ccc(OCC#N)cc2)CCC1. The summed E-state index contributed by atoms with van der Waals surface area (Å²) in [6.45, 7) is 2.00. The van der Waals surface area contributed by atoms with Gasteiger partial charge in [-0.3, -0.25) is 0 Å². The molecular weight excluding hydrogens is 250 g/mol. The van der Waals surface area contributed by atoms with Crippen LogP contribution in [0.25, 0.3) is 0 Å². The van der Waals surface area contributed by atoms with Crippen LogP contribution in [-0.4, -0.2) is 37.7 Å². The number of likely N-dealkylation sites (N-methyl/N-ethyl adjacent to an activating group) is 1. The van der Waals surface area contributed by atoms with Gasteiger partial charge in [0, 0.05) is 18.6 Å². The second-order valence-electron chi connectivity index (χ2n) is 5.67. The Kier molecular flexibility index (Phi) is 4.99. The molecule has 1 aromatic carbocycles. The number of nitrogens with one attached hydrogen (secondary N) is 1. The monoisotopic (exact) mass is 273 g/mol. The Labute approximate surface area is 121 Å². The molecule has 4 nitrogen and oxygen atoms in total. The van der Waals surface area contributed by atoms with E-state index in [2.05, 4.69) is 24.3 Å². The van der Waals surface area contributed by atoms with Crippen LogP contribution in [0.3, 0.4) is 0 Å². The molecule has 0 spiro atoms. The first-order chi connectivity index (χ1) is 9.66. The Balaban J connectivity index is 1.78. The van der Waals surface area contributed by atoms with Gasteiger partial charge in [-0.15, -0.1) is 0 Å². The molecule has 4 heteroatoms. The molecule has 1 N–H and O–H groups in total. The Morgan fingerprint density at radius 2 is 2.00 bits per heavy atom. The van der Waals surface area contributed by atoms with Gasteiger partial charge in [0.25, 0.3) is 0 Å². The van der Waals surface area contributed by atoms with E-state index < -0.39 is 0 Å². The molecule has 0 amide bonds. The van der Waals surface area contributed by atoms with E-state index in [0.717, 1.165) is 18.8 Å². The van der Waals surface area contributed by atoms with Crippen molar-refractivity contribution in [1.82, 2.24) is 10.2 Å². The summed E-state index contributed by atoms with van der Waals surface area (Å²) >= 11 is 0. The normalized spacial score (nSPS) is 16.5. The van der Waals surface area contributed by atoms with E-state index in [1.807, 2.05) is 30.3 Å². The Morgan fingerprint density at radius 3 is 2.50 bits per heavy atom. The van der Waals surface area contributed by atoms with E-state index >= 15 is 0 Å². The second kappa shape index (κ2) is 6.74. The fourth-order valence-electron chi connectivity index (χ4n) is 2.63. The third kappa shape index (κ3) is 3.50. The van der Waals surface area contributed by atoms with Gasteiger partial charge in [0.15, 0.2) is 6.61 Å². The number of rotatable bonds is 7. The maximum absolute atomic E-state index is 8.46. The molecule has 1 aliphatic carbocycles. The minimum atomic E-state index is 0.100. The maximum atomic E-state index is 8.46. The van der Waals surface area contributed by atoms with Crippen molar-refractivity contribution in [2.45, 2.75) is 31.3 Å². The van der Waals surface area contributed by atoms with Crippen LogP contribution in [0.1, 0.15) is 24.8 Å². The van der Waals surface area contributed by atoms with Gasteiger partial charge in [-0.05, 0) is 51.1 Å². The van der Waals surface area contributed by atoms with Crippen LogP contribution in [0.5, 0.6) is 5.75 Å². The Bertz CT molecular complexity index is 458. The van der Waals surface area contributed by atoms with Crippen molar-refractivity contribution in [2.75, 3.05) is 27.2 Å². The second-order valence-corrected chi connectivity index (χ2v) is 5.67. The summed E-state index contributed by atoms with van der Waals surface area (Å²) in [6.07, 6.45) is 3.91. The van der Waals surface area contributed by atoms with Crippen molar-refractivity contribution in [3.63, 3.8) is 0 Å². The molecule has 1 saturated carbocycles. The van der Waals surface area contributed by atoms with Gasteiger partial charge in [-0.2, -0.15) is 5.26 Å². The van der Waals surface area contributed by atoms with Crippen LogP contribution in [0.15, 0.2) is 24.3 Å². The minimum absolute atomic E-state index is 0.100. The highest BCUT2D eigenvalue weighted by atomic mass is 16.5.